The van der Waals surface area contributed by atoms with Gasteiger partial charge in [0.1, 0.15) is 6.61 Å². The molecule has 1 aliphatic rings. The Bertz CT molecular complexity index is 504. The summed E-state index contributed by atoms with van der Waals surface area (Å²) in [4.78, 5) is 23.4. The lowest BCUT2D eigenvalue weighted by atomic mass is 9.98. The molecular weight excluding hydrogens is 274 g/mol. The fraction of sp³-hybridized carbons (Fsp3) is 0.467. The van der Waals surface area contributed by atoms with Crippen LogP contribution in [-0.4, -0.2) is 35.9 Å². The van der Waals surface area contributed by atoms with Crippen molar-refractivity contribution < 1.29 is 24.2 Å². The molecule has 0 saturated heterocycles. The molecule has 1 amide bonds. The van der Waals surface area contributed by atoms with Gasteiger partial charge in [-0.3, -0.25) is 0 Å². The Balaban J connectivity index is 1.88. The van der Waals surface area contributed by atoms with Crippen molar-refractivity contribution in [3.63, 3.8) is 0 Å². The molecule has 0 aliphatic heterocycles. The monoisotopic (exact) mass is 293 g/mol. The molecule has 0 unspecified atom stereocenters. The van der Waals surface area contributed by atoms with Gasteiger partial charge in [0, 0.05) is 0 Å². The lowest BCUT2D eigenvalue weighted by Crippen LogP contribution is -2.54. The topological polar surface area (TPSA) is 84.9 Å². The Kier molecular flexibility index (Phi) is 4.80. The van der Waals surface area contributed by atoms with E-state index in [2.05, 4.69) is 10.1 Å². The van der Waals surface area contributed by atoms with Crippen molar-refractivity contribution in [2.45, 2.75) is 37.5 Å². The van der Waals surface area contributed by atoms with E-state index in [0.717, 1.165) is 5.56 Å². The summed E-state index contributed by atoms with van der Waals surface area (Å²) < 4.78 is 9.68. The van der Waals surface area contributed by atoms with Crippen LogP contribution in [0.3, 0.4) is 0 Å². The smallest absolute Gasteiger partial charge is 0.407 e. The summed E-state index contributed by atoms with van der Waals surface area (Å²) in [5.41, 5.74) is -0.803. The van der Waals surface area contributed by atoms with Crippen LogP contribution in [0.2, 0.25) is 0 Å². The van der Waals surface area contributed by atoms with Gasteiger partial charge < -0.3 is 19.9 Å². The van der Waals surface area contributed by atoms with Gasteiger partial charge in [0.25, 0.3) is 0 Å². The van der Waals surface area contributed by atoms with Crippen LogP contribution in [0.15, 0.2) is 30.3 Å². The first kappa shape index (κ1) is 15.3. The Morgan fingerprint density at radius 3 is 2.76 bits per heavy atom. The van der Waals surface area contributed by atoms with E-state index in [1.165, 1.54) is 7.11 Å². The van der Waals surface area contributed by atoms with E-state index in [9.17, 15) is 14.7 Å². The number of alkyl carbamates (subject to hydrolysis) is 1. The van der Waals surface area contributed by atoms with E-state index >= 15 is 0 Å². The molecule has 0 radical (unpaired) electrons. The number of esters is 1. The highest BCUT2D eigenvalue weighted by atomic mass is 16.6. The van der Waals surface area contributed by atoms with Crippen LogP contribution in [0.5, 0.6) is 0 Å². The predicted molar refractivity (Wildman–Crippen MR) is 74.4 cm³/mol. The van der Waals surface area contributed by atoms with Crippen molar-refractivity contribution in [1.29, 1.82) is 0 Å². The van der Waals surface area contributed by atoms with Gasteiger partial charge >= 0.3 is 12.1 Å². The maximum Gasteiger partial charge on any atom is 0.407 e. The van der Waals surface area contributed by atoms with Crippen LogP contribution in [-0.2, 0) is 20.9 Å². The van der Waals surface area contributed by atoms with Crippen molar-refractivity contribution in [3.8, 4) is 0 Å². The SMILES string of the molecule is COC(=O)[C@@]1(O)CCC[C@H]1NC(=O)OCc1ccccc1. The fourth-order valence-corrected chi connectivity index (χ4v) is 2.51. The largest absolute Gasteiger partial charge is 0.467 e. The van der Waals surface area contributed by atoms with Gasteiger partial charge in [-0.1, -0.05) is 30.3 Å². The minimum atomic E-state index is -1.67. The molecule has 2 rings (SSSR count). The Hall–Kier alpha value is -2.08. The number of aliphatic hydroxyl groups is 1. The average molecular weight is 293 g/mol. The van der Waals surface area contributed by atoms with Crippen LogP contribution in [0.4, 0.5) is 4.79 Å². The highest BCUT2D eigenvalue weighted by molar-refractivity contribution is 5.82. The van der Waals surface area contributed by atoms with Crippen LogP contribution in [0.1, 0.15) is 24.8 Å². The zero-order valence-corrected chi connectivity index (χ0v) is 11.9. The first-order valence-corrected chi connectivity index (χ1v) is 6.84. The van der Waals surface area contributed by atoms with Crippen molar-refractivity contribution in [3.05, 3.63) is 35.9 Å². The fourth-order valence-electron chi connectivity index (χ4n) is 2.51. The summed E-state index contributed by atoms with van der Waals surface area (Å²) in [6, 6.07) is 8.57. The van der Waals surface area contributed by atoms with Gasteiger partial charge in [-0.25, -0.2) is 9.59 Å². The maximum atomic E-state index is 11.8. The number of benzene rings is 1. The molecule has 1 saturated carbocycles. The third-order valence-corrected chi connectivity index (χ3v) is 3.67. The van der Waals surface area contributed by atoms with Crippen LogP contribution in [0.25, 0.3) is 0 Å². The summed E-state index contributed by atoms with van der Waals surface area (Å²) in [6.45, 7) is 0.135. The molecule has 21 heavy (non-hydrogen) atoms. The molecule has 0 heterocycles. The summed E-state index contributed by atoms with van der Waals surface area (Å²) in [6.07, 6.45) is 0.748. The molecule has 6 nitrogen and oxygen atoms in total. The van der Waals surface area contributed by atoms with Crippen molar-refractivity contribution in [1.82, 2.24) is 5.32 Å². The second-order valence-corrected chi connectivity index (χ2v) is 5.07. The van der Waals surface area contributed by atoms with Gasteiger partial charge in [-0.05, 0) is 24.8 Å². The van der Waals surface area contributed by atoms with Crippen LogP contribution in [0, 0.1) is 0 Å². The third kappa shape index (κ3) is 3.52. The normalized spacial score (nSPS) is 24.4. The number of rotatable bonds is 4. The molecule has 6 heteroatoms. The summed E-state index contributed by atoms with van der Waals surface area (Å²) in [7, 11) is 1.21. The molecular formula is C15H19NO5. The third-order valence-electron chi connectivity index (χ3n) is 3.67. The van der Waals surface area contributed by atoms with Crippen molar-refractivity contribution in [2.75, 3.05) is 7.11 Å². The minimum Gasteiger partial charge on any atom is -0.467 e. The van der Waals surface area contributed by atoms with E-state index in [1.807, 2.05) is 30.3 Å². The number of hydrogen-bond donors (Lipinski definition) is 2. The summed E-state index contributed by atoms with van der Waals surface area (Å²) in [5.74, 6) is -0.728. The lowest BCUT2D eigenvalue weighted by Gasteiger charge is -2.27. The number of carbonyl (C=O) groups is 2. The quantitative estimate of drug-likeness (QED) is 0.819. The Morgan fingerprint density at radius 2 is 2.10 bits per heavy atom. The maximum absolute atomic E-state index is 11.8. The standard InChI is InChI=1S/C15H19NO5/c1-20-13(17)15(19)9-5-8-12(15)16-14(18)21-10-11-6-3-2-4-7-11/h2-4,6-7,12,19H,5,8-10H2,1H3,(H,16,18)/t12-,15-/m1/s1. The lowest BCUT2D eigenvalue weighted by molar-refractivity contribution is -0.163. The van der Waals surface area contributed by atoms with Crippen LogP contribution >= 0.6 is 0 Å². The number of hydrogen-bond acceptors (Lipinski definition) is 5. The molecule has 1 aromatic rings. The molecule has 0 aromatic heterocycles. The van der Waals surface area contributed by atoms with Crippen LogP contribution < -0.4 is 5.32 Å². The van der Waals surface area contributed by atoms with E-state index in [1.54, 1.807) is 0 Å². The van der Waals surface area contributed by atoms with Crippen molar-refractivity contribution in [2.24, 2.45) is 0 Å². The molecule has 2 atom stereocenters. The average Bonchev–Trinajstić information content (AvgIpc) is 2.87. The molecule has 1 aliphatic carbocycles. The Labute approximate surface area is 123 Å². The highest BCUT2D eigenvalue weighted by Crippen LogP contribution is 2.31. The highest BCUT2D eigenvalue weighted by Gasteiger charge is 2.49. The zero-order valence-electron chi connectivity index (χ0n) is 11.9. The second-order valence-electron chi connectivity index (χ2n) is 5.07. The number of methoxy groups -OCH3 is 1. The van der Waals surface area contributed by atoms with E-state index in [0.29, 0.717) is 12.8 Å². The molecule has 2 N–H and O–H groups in total. The molecule has 1 aromatic carbocycles. The van der Waals surface area contributed by atoms with Gasteiger partial charge in [0.15, 0.2) is 5.60 Å². The molecule has 114 valence electrons. The van der Waals surface area contributed by atoms with Gasteiger partial charge in [0.05, 0.1) is 13.2 Å². The molecule has 0 bridgehead atoms. The number of amides is 1. The number of nitrogens with one attached hydrogen (secondary N) is 1. The van der Waals surface area contributed by atoms with Gasteiger partial charge in [-0.15, -0.1) is 0 Å². The van der Waals surface area contributed by atoms with Crippen molar-refractivity contribution >= 4 is 12.1 Å². The summed E-state index contributed by atoms with van der Waals surface area (Å²) in [5, 5.41) is 12.9. The zero-order chi connectivity index (χ0) is 15.3. The second kappa shape index (κ2) is 6.58. The molecule has 1 fully saturated rings. The first-order chi connectivity index (χ1) is 10.1. The van der Waals surface area contributed by atoms with E-state index in [-0.39, 0.29) is 13.0 Å². The molecule has 0 spiro atoms. The summed E-state index contributed by atoms with van der Waals surface area (Å²) >= 11 is 0. The van der Waals surface area contributed by atoms with Gasteiger partial charge in [0.2, 0.25) is 0 Å². The predicted octanol–water partition coefficient (Wildman–Crippen LogP) is 1.37. The minimum absolute atomic E-state index is 0.135. The first-order valence-electron chi connectivity index (χ1n) is 6.84. The number of ether oxygens (including phenoxy) is 2. The van der Waals surface area contributed by atoms with Gasteiger partial charge in [-0.2, -0.15) is 0 Å². The van der Waals surface area contributed by atoms with E-state index < -0.39 is 23.7 Å². The number of carbonyl (C=O) groups excluding carboxylic acids is 2. The van der Waals surface area contributed by atoms with E-state index in [4.69, 9.17) is 4.74 Å². The Morgan fingerprint density at radius 1 is 1.38 bits per heavy atom.